The van der Waals surface area contributed by atoms with Crippen molar-refractivity contribution in [2.75, 3.05) is 0 Å². The first-order valence-corrected chi connectivity index (χ1v) is 8.60. The molecular formula is C18H26N4O. The first-order chi connectivity index (χ1) is 11.1. The molecule has 5 nitrogen and oxygen atoms in total. The minimum Gasteiger partial charge on any atom is -0.508 e. The molecule has 1 aromatic heterocycles. The van der Waals surface area contributed by atoms with Crippen LogP contribution in [0.25, 0.3) is 0 Å². The van der Waals surface area contributed by atoms with Crippen LogP contribution in [0.4, 0.5) is 0 Å². The Morgan fingerprint density at radius 1 is 1.35 bits per heavy atom. The maximum Gasteiger partial charge on any atom is 0.150 e. The zero-order chi connectivity index (χ0) is 16.2. The minimum absolute atomic E-state index is 0.331. The van der Waals surface area contributed by atoms with E-state index < -0.39 is 0 Å². The number of phenols is 1. The normalized spacial score (nSPS) is 18.6. The number of nitrogens with one attached hydrogen (secondary N) is 1. The Balaban J connectivity index is 1.48. The van der Waals surface area contributed by atoms with E-state index in [1.807, 2.05) is 12.1 Å². The predicted octanol–water partition coefficient (Wildman–Crippen LogP) is 2.47. The van der Waals surface area contributed by atoms with Gasteiger partial charge in [-0.2, -0.15) is 5.10 Å². The highest BCUT2D eigenvalue weighted by atomic mass is 16.3. The number of nitrogens with zero attached hydrogens (tertiary/aromatic N) is 3. The van der Waals surface area contributed by atoms with Crippen LogP contribution in [-0.2, 0) is 25.8 Å². The van der Waals surface area contributed by atoms with Gasteiger partial charge in [0.2, 0.25) is 0 Å². The zero-order valence-corrected chi connectivity index (χ0v) is 14.0. The summed E-state index contributed by atoms with van der Waals surface area (Å²) in [7, 11) is 0. The number of hydrogen-bond donors (Lipinski definition) is 2. The molecule has 0 saturated carbocycles. The van der Waals surface area contributed by atoms with E-state index in [-0.39, 0.29) is 0 Å². The summed E-state index contributed by atoms with van der Waals surface area (Å²) in [5.41, 5.74) is 1.27. The smallest absolute Gasteiger partial charge is 0.150 e. The fraction of sp³-hybridized carbons (Fsp3) is 0.556. The van der Waals surface area contributed by atoms with E-state index in [0.29, 0.717) is 17.8 Å². The van der Waals surface area contributed by atoms with Crippen molar-refractivity contribution >= 4 is 0 Å². The van der Waals surface area contributed by atoms with E-state index in [2.05, 4.69) is 33.9 Å². The molecule has 1 aliphatic rings. The lowest BCUT2D eigenvalue weighted by Crippen LogP contribution is -2.42. The van der Waals surface area contributed by atoms with Crippen LogP contribution in [0.1, 0.15) is 43.9 Å². The van der Waals surface area contributed by atoms with E-state index in [9.17, 15) is 5.11 Å². The van der Waals surface area contributed by atoms with Crippen LogP contribution < -0.4 is 5.32 Å². The average Bonchev–Trinajstić information content (AvgIpc) is 2.97. The molecule has 0 fully saturated rings. The second kappa shape index (κ2) is 7.13. The highest BCUT2D eigenvalue weighted by Gasteiger charge is 2.22. The third kappa shape index (κ3) is 4.10. The van der Waals surface area contributed by atoms with Gasteiger partial charge in [-0.15, -0.1) is 0 Å². The van der Waals surface area contributed by atoms with Crippen molar-refractivity contribution in [3.8, 4) is 5.75 Å². The minimum atomic E-state index is 0.331. The molecular weight excluding hydrogens is 288 g/mol. The molecule has 5 heteroatoms. The van der Waals surface area contributed by atoms with Crippen LogP contribution in [0, 0.1) is 0 Å². The fourth-order valence-corrected chi connectivity index (χ4v) is 3.18. The van der Waals surface area contributed by atoms with E-state index in [0.717, 1.165) is 50.3 Å². The highest BCUT2D eigenvalue weighted by Crippen LogP contribution is 2.15. The number of aromatic nitrogens is 3. The Labute approximate surface area is 137 Å². The van der Waals surface area contributed by atoms with Crippen molar-refractivity contribution in [2.45, 2.75) is 64.6 Å². The number of rotatable bonds is 6. The Morgan fingerprint density at radius 2 is 2.13 bits per heavy atom. The highest BCUT2D eigenvalue weighted by molar-refractivity contribution is 5.25. The van der Waals surface area contributed by atoms with Gasteiger partial charge >= 0.3 is 0 Å². The molecule has 2 N–H and O–H groups in total. The molecule has 2 aromatic rings. The Morgan fingerprint density at radius 3 is 2.87 bits per heavy atom. The molecule has 2 atom stereocenters. The van der Waals surface area contributed by atoms with E-state index >= 15 is 0 Å². The van der Waals surface area contributed by atoms with Crippen LogP contribution in [0.15, 0.2) is 24.3 Å². The van der Waals surface area contributed by atoms with Crippen LogP contribution in [0.2, 0.25) is 0 Å². The topological polar surface area (TPSA) is 63.0 Å². The van der Waals surface area contributed by atoms with Gasteiger partial charge < -0.3 is 10.4 Å². The first-order valence-electron chi connectivity index (χ1n) is 8.60. The lowest BCUT2D eigenvalue weighted by Gasteiger charge is -2.27. The number of hydrogen-bond acceptors (Lipinski definition) is 4. The number of benzene rings is 1. The van der Waals surface area contributed by atoms with Gasteiger partial charge in [0.25, 0.3) is 0 Å². The Bertz CT molecular complexity index is 635. The van der Waals surface area contributed by atoms with E-state index in [1.165, 1.54) is 5.56 Å². The fourth-order valence-electron chi connectivity index (χ4n) is 3.18. The molecule has 0 saturated heterocycles. The Kier molecular flexibility index (Phi) is 4.96. The summed E-state index contributed by atoms with van der Waals surface area (Å²) in [4.78, 5) is 4.57. The molecule has 0 aliphatic carbocycles. The molecule has 2 unspecified atom stereocenters. The molecule has 3 rings (SSSR count). The molecule has 1 aromatic carbocycles. The second-order valence-electron chi connectivity index (χ2n) is 6.49. The summed E-state index contributed by atoms with van der Waals surface area (Å²) < 4.78 is 2.08. The predicted molar refractivity (Wildman–Crippen MR) is 90.5 cm³/mol. The van der Waals surface area contributed by atoms with Crippen molar-refractivity contribution < 1.29 is 5.11 Å². The standard InChI is InChI=1S/C18H26N4O/c1-3-17-20-18-11-8-15(12-22(18)21-17)19-13(2)4-5-14-6-9-16(23)10-7-14/h6-7,9-10,13,15,19,23H,3-5,8,11-12H2,1-2H3. The summed E-state index contributed by atoms with van der Waals surface area (Å²) in [6, 6.07) is 8.44. The summed E-state index contributed by atoms with van der Waals surface area (Å²) >= 11 is 0. The summed E-state index contributed by atoms with van der Waals surface area (Å²) in [5.74, 6) is 2.43. The van der Waals surface area contributed by atoms with Crippen molar-refractivity contribution in [3.05, 3.63) is 41.5 Å². The molecule has 0 spiro atoms. The maximum absolute atomic E-state index is 9.32. The van der Waals surface area contributed by atoms with Crippen molar-refractivity contribution in [3.63, 3.8) is 0 Å². The van der Waals surface area contributed by atoms with Crippen LogP contribution >= 0.6 is 0 Å². The van der Waals surface area contributed by atoms with Gasteiger partial charge in [-0.1, -0.05) is 19.1 Å². The van der Waals surface area contributed by atoms with E-state index in [1.54, 1.807) is 12.1 Å². The SMILES string of the molecule is CCc1nc2n(n1)CC(NC(C)CCc1ccc(O)cc1)CC2. The number of phenolic OH excluding ortho intramolecular Hbond substituents is 1. The van der Waals surface area contributed by atoms with Crippen LogP contribution in [0.3, 0.4) is 0 Å². The molecule has 2 heterocycles. The maximum atomic E-state index is 9.32. The number of fused-ring (bicyclic) bond motifs is 1. The molecule has 0 amide bonds. The third-order valence-corrected chi connectivity index (χ3v) is 4.54. The van der Waals surface area contributed by atoms with Crippen LogP contribution in [0.5, 0.6) is 5.75 Å². The molecule has 1 aliphatic heterocycles. The number of aryl methyl sites for hydroxylation is 3. The first kappa shape index (κ1) is 16.0. The lowest BCUT2D eigenvalue weighted by molar-refractivity contribution is 0.325. The zero-order valence-electron chi connectivity index (χ0n) is 14.0. The van der Waals surface area contributed by atoms with Gasteiger partial charge in [-0.05, 0) is 43.9 Å². The van der Waals surface area contributed by atoms with Crippen LogP contribution in [-0.4, -0.2) is 32.0 Å². The second-order valence-corrected chi connectivity index (χ2v) is 6.49. The van der Waals surface area contributed by atoms with Gasteiger partial charge in [0.05, 0.1) is 6.54 Å². The molecule has 23 heavy (non-hydrogen) atoms. The van der Waals surface area contributed by atoms with E-state index in [4.69, 9.17) is 0 Å². The lowest BCUT2D eigenvalue weighted by atomic mass is 10.0. The average molecular weight is 314 g/mol. The quantitative estimate of drug-likeness (QED) is 0.860. The van der Waals surface area contributed by atoms with Crippen molar-refractivity contribution in [1.29, 1.82) is 0 Å². The summed E-state index contributed by atoms with van der Waals surface area (Å²) in [6.07, 6.45) is 5.16. The molecule has 124 valence electrons. The van der Waals surface area contributed by atoms with Gasteiger partial charge in [0, 0.05) is 24.9 Å². The molecule has 0 bridgehead atoms. The van der Waals surface area contributed by atoms with Gasteiger partial charge in [0.1, 0.15) is 11.6 Å². The summed E-state index contributed by atoms with van der Waals surface area (Å²) in [6.45, 7) is 5.27. The van der Waals surface area contributed by atoms with Gasteiger partial charge in [-0.3, -0.25) is 0 Å². The third-order valence-electron chi connectivity index (χ3n) is 4.54. The van der Waals surface area contributed by atoms with Gasteiger partial charge in [0.15, 0.2) is 5.82 Å². The number of aromatic hydroxyl groups is 1. The Hall–Kier alpha value is -1.88. The van der Waals surface area contributed by atoms with Crippen molar-refractivity contribution in [1.82, 2.24) is 20.1 Å². The largest absolute Gasteiger partial charge is 0.508 e. The van der Waals surface area contributed by atoms with Gasteiger partial charge in [-0.25, -0.2) is 9.67 Å². The summed E-state index contributed by atoms with van der Waals surface area (Å²) in [5, 5.41) is 17.6. The molecule has 0 radical (unpaired) electrons. The monoisotopic (exact) mass is 314 g/mol. The van der Waals surface area contributed by atoms with Crippen molar-refractivity contribution in [2.24, 2.45) is 0 Å².